The Morgan fingerprint density at radius 3 is 2.63 bits per heavy atom. The lowest BCUT2D eigenvalue weighted by atomic mass is 10.0. The van der Waals surface area contributed by atoms with Crippen LogP contribution in [0.5, 0.6) is 5.75 Å². The van der Waals surface area contributed by atoms with E-state index in [-0.39, 0.29) is 5.75 Å². The summed E-state index contributed by atoms with van der Waals surface area (Å²) in [6, 6.07) is 14.6. The van der Waals surface area contributed by atoms with Gasteiger partial charge in [-0.1, -0.05) is 12.1 Å². The van der Waals surface area contributed by atoms with Gasteiger partial charge in [0.1, 0.15) is 11.4 Å². The van der Waals surface area contributed by atoms with Crippen LogP contribution in [-0.4, -0.2) is 35.2 Å². The van der Waals surface area contributed by atoms with Crippen LogP contribution in [0.25, 0.3) is 0 Å². The third-order valence-corrected chi connectivity index (χ3v) is 5.34. The number of aryl methyl sites for hydroxylation is 1. The van der Waals surface area contributed by atoms with E-state index in [9.17, 15) is 13.9 Å². The SMILES string of the molecule is Cc1cccc(N2C[C@@](O)(c3ccc(OC(F)F)cc3)[N+]3=C2CCCC3)c1. The van der Waals surface area contributed by atoms with Crippen LogP contribution in [0.15, 0.2) is 48.5 Å². The van der Waals surface area contributed by atoms with Gasteiger partial charge in [-0.05, 0) is 61.7 Å². The van der Waals surface area contributed by atoms with E-state index in [2.05, 4.69) is 39.3 Å². The number of amidine groups is 1. The van der Waals surface area contributed by atoms with Crippen LogP contribution >= 0.6 is 0 Å². The lowest BCUT2D eigenvalue weighted by Gasteiger charge is -2.24. The highest BCUT2D eigenvalue weighted by Crippen LogP contribution is 2.36. The zero-order chi connectivity index (χ0) is 19.0. The van der Waals surface area contributed by atoms with Crippen LogP contribution in [0.2, 0.25) is 0 Å². The molecule has 0 aliphatic carbocycles. The van der Waals surface area contributed by atoms with Crippen molar-refractivity contribution < 1.29 is 23.2 Å². The number of alkyl halides is 2. The first-order valence-corrected chi connectivity index (χ1v) is 9.23. The Morgan fingerprint density at radius 2 is 1.93 bits per heavy atom. The number of nitrogens with zero attached hydrogens (tertiary/aromatic N) is 2. The van der Waals surface area contributed by atoms with Gasteiger partial charge in [-0.15, -0.1) is 0 Å². The number of benzene rings is 2. The second-order valence-corrected chi connectivity index (χ2v) is 7.17. The topological polar surface area (TPSA) is 35.7 Å². The van der Waals surface area contributed by atoms with Crippen molar-refractivity contribution >= 4 is 11.5 Å². The predicted molar refractivity (Wildman–Crippen MR) is 99.5 cm³/mol. The number of hydrogen-bond donors (Lipinski definition) is 1. The number of rotatable bonds is 4. The van der Waals surface area contributed by atoms with Crippen LogP contribution in [0.3, 0.4) is 0 Å². The molecule has 2 heterocycles. The van der Waals surface area contributed by atoms with Crippen LogP contribution in [0.4, 0.5) is 14.5 Å². The van der Waals surface area contributed by atoms with E-state index < -0.39 is 12.3 Å². The lowest BCUT2D eigenvalue weighted by Crippen LogP contribution is -2.41. The Labute approximate surface area is 157 Å². The lowest BCUT2D eigenvalue weighted by molar-refractivity contribution is -0.661. The fourth-order valence-corrected chi connectivity index (χ4v) is 4.08. The maximum absolute atomic E-state index is 12.4. The standard InChI is InChI=1S/C21H23F2N2O2/c1-15-5-4-6-17(13-15)24-14-21(26,25-12-3-2-7-19(24)25)16-8-10-18(11-9-16)27-20(22)23/h4-6,8-11,13,20,26H,2-3,7,12,14H2,1H3/q+1/t21-/m1/s1. The molecule has 2 aromatic rings. The molecule has 0 radical (unpaired) electrons. The van der Waals surface area contributed by atoms with E-state index in [1.54, 1.807) is 12.1 Å². The van der Waals surface area contributed by atoms with E-state index in [0.717, 1.165) is 37.3 Å². The van der Waals surface area contributed by atoms with Crippen molar-refractivity contribution in [3.05, 3.63) is 59.7 Å². The molecule has 0 amide bonds. The summed E-state index contributed by atoms with van der Waals surface area (Å²) in [6.07, 6.45) is 3.01. The highest BCUT2D eigenvalue weighted by molar-refractivity contribution is 5.96. The number of aliphatic hydroxyl groups is 1. The van der Waals surface area contributed by atoms with E-state index in [1.807, 2.05) is 6.07 Å². The Morgan fingerprint density at radius 1 is 1.15 bits per heavy atom. The molecule has 0 saturated heterocycles. The second-order valence-electron chi connectivity index (χ2n) is 7.17. The normalized spacial score (nSPS) is 22.3. The maximum atomic E-state index is 12.4. The third kappa shape index (κ3) is 3.30. The Hall–Kier alpha value is -2.47. The summed E-state index contributed by atoms with van der Waals surface area (Å²) >= 11 is 0. The molecule has 4 rings (SSSR count). The molecule has 0 unspecified atom stereocenters. The Bertz CT molecular complexity index is 867. The Balaban J connectivity index is 1.71. The smallest absolute Gasteiger partial charge is 0.387 e. The second kappa shape index (κ2) is 6.93. The summed E-state index contributed by atoms with van der Waals surface area (Å²) in [7, 11) is 0. The average Bonchev–Trinajstić information content (AvgIpc) is 2.96. The molecule has 0 saturated carbocycles. The molecule has 0 fully saturated rings. The number of anilines is 1. The van der Waals surface area contributed by atoms with Crippen molar-refractivity contribution in [3.63, 3.8) is 0 Å². The van der Waals surface area contributed by atoms with Gasteiger partial charge >= 0.3 is 6.61 Å². The molecular formula is C21H23F2N2O2+. The minimum absolute atomic E-state index is 0.0914. The average molecular weight is 373 g/mol. The Kier molecular flexibility index (Phi) is 4.60. The van der Waals surface area contributed by atoms with Crippen LogP contribution < -0.4 is 9.64 Å². The quantitative estimate of drug-likeness (QED) is 0.827. The maximum Gasteiger partial charge on any atom is 0.387 e. The van der Waals surface area contributed by atoms with Crippen LogP contribution in [-0.2, 0) is 5.72 Å². The van der Waals surface area contributed by atoms with Crippen molar-refractivity contribution in [2.45, 2.75) is 38.5 Å². The van der Waals surface area contributed by atoms with E-state index in [4.69, 9.17) is 0 Å². The van der Waals surface area contributed by atoms with E-state index >= 15 is 0 Å². The van der Waals surface area contributed by atoms with Crippen LogP contribution in [0.1, 0.15) is 30.4 Å². The summed E-state index contributed by atoms with van der Waals surface area (Å²) < 4.78 is 31.3. The third-order valence-electron chi connectivity index (χ3n) is 5.34. The molecule has 27 heavy (non-hydrogen) atoms. The first-order valence-electron chi connectivity index (χ1n) is 9.23. The van der Waals surface area contributed by atoms with Gasteiger partial charge in [-0.2, -0.15) is 8.78 Å². The van der Waals surface area contributed by atoms with E-state index in [1.165, 1.54) is 17.7 Å². The molecule has 142 valence electrons. The van der Waals surface area contributed by atoms with Gasteiger partial charge in [-0.25, -0.2) is 9.48 Å². The highest BCUT2D eigenvalue weighted by atomic mass is 19.3. The first-order chi connectivity index (χ1) is 13.0. The molecule has 0 spiro atoms. The largest absolute Gasteiger partial charge is 0.435 e. The molecule has 2 aliphatic heterocycles. The van der Waals surface area contributed by atoms with Gasteiger partial charge < -0.3 is 9.84 Å². The molecule has 2 aromatic carbocycles. The first kappa shape index (κ1) is 17.9. The molecule has 1 atom stereocenters. The highest BCUT2D eigenvalue weighted by Gasteiger charge is 2.52. The fourth-order valence-electron chi connectivity index (χ4n) is 4.08. The summed E-state index contributed by atoms with van der Waals surface area (Å²) in [5, 5.41) is 11.6. The summed E-state index contributed by atoms with van der Waals surface area (Å²) in [5.74, 6) is 1.20. The van der Waals surface area contributed by atoms with Crippen molar-refractivity contribution in [1.29, 1.82) is 0 Å². The van der Waals surface area contributed by atoms with Crippen molar-refractivity contribution in [3.8, 4) is 5.75 Å². The summed E-state index contributed by atoms with van der Waals surface area (Å²) in [5.41, 5.74) is 1.71. The monoisotopic (exact) mass is 373 g/mol. The van der Waals surface area contributed by atoms with Gasteiger partial charge in [0.15, 0.2) is 6.54 Å². The van der Waals surface area contributed by atoms with Gasteiger partial charge in [-0.3, -0.25) is 0 Å². The van der Waals surface area contributed by atoms with Gasteiger partial charge in [0.2, 0.25) is 0 Å². The molecule has 4 nitrogen and oxygen atoms in total. The molecular weight excluding hydrogens is 350 g/mol. The molecule has 2 aliphatic rings. The van der Waals surface area contributed by atoms with Crippen molar-refractivity contribution in [1.82, 2.24) is 0 Å². The minimum Gasteiger partial charge on any atom is -0.435 e. The number of hydrogen-bond acceptors (Lipinski definition) is 3. The fraction of sp³-hybridized carbons (Fsp3) is 0.381. The molecule has 0 aromatic heterocycles. The summed E-state index contributed by atoms with van der Waals surface area (Å²) in [4.78, 5) is 2.18. The molecule has 0 bridgehead atoms. The van der Waals surface area contributed by atoms with Gasteiger partial charge in [0.05, 0.1) is 6.54 Å². The zero-order valence-electron chi connectivity index (χ0n) is 15.2. The van der Waals surface area contributed by atoms with Crippen LogP contribution in [0, 0.1) is 6.92 Å². The van der Waals surface area contributed by atoms with Crippen molar-refractivity contribution in [2.24, 2.45) is 0 Å². The number of halogens is 2. The van der Waals surface area contributed by atoms with Crippen molar-refractivity contribution in [2.75, 3.05) is 18.0 Å². The number of ether oxygens (including phenoxy) is 1. The van der Waals surface area contributed by atoms with Gasteiger partial charge in [0, 0.05) is 12.0 Å². The van der Waals surface area contributed by atoms with Gasteiger partial charge in [0.25, 0.3) is 11.6 Å². The van der Waals surface area contributed by atoms with E-state index in [0.29, 0.717) is 12.1 Å². The summed E-state index contributed by atoms with van der Waals surface area (Å²) in [6.45, 7) is 0.366. The zero-order valence-corrected chi connectivity index (χ0v) is 15.2. The minimum atomic E-state index is -2.86. The molecule has 1 N–H and O–H groups in total. The molecule has 6 heteroatoms. The predicted octanol–water partition coefficient (Wildman–Crippen LogP) is 3.86. The number of β-amino-alcohol motifs (C(OH)–C–C–N with tert-alkyl or cyclic N) is 1.